The SMILES string of the molecule is Cc1cc(C)c(CN)c(N2CC(C)C(C)C2)n1. The summed E-state index contributed by atoms with van der Waals surface area (Å²) in [4.78, 5) is 7.10. The van der Waals surface area contributed by atoms with Crippen LogP contribution in [0.25, 0.3) is 0 Å². The smallest absolute Gasteiger partial charge is 0.133 e. The van der Waals surface area contributed by atoms with E-state index in [0.29, 0.717) is 6.54 Å². The summed E-state index contributed by atoms with van der Waals surface area (Å²) in [5.74, 6) is 2.59. The Bertz CT molecular complexity index is 404. The van der Waals surface area contributed by atoms with Gasteiger partial charge >= 0.3 is 0 Å². The fourth-order valence-corrected chi connectivity index (χ4v) is 2.66. The monoisotopic (exact) mass is 233 g/mol. The number of nitrogens with two attached hydrogens (primary N) is 1. The van der Waals surface area contributed by atoms with Crippen LogP contribution in [-0.4, -0.2) is 18.1 Å². The molecule has 2 atom stereocenters. The van der Waals surface area contributed by atoms with E-state index in [4.69, 9.17) is 10.7 Å². The predicted octanol–water partition coefficient (Wildman–Crippen LogP) is 2.25. The van der Waals surface area contributed by atoms with Crippen molar-refractivity contribution >= 4 is 5.82 Å². The molecule has 2 rings (SSSR count). The molecule has 94 valence electrons. The molecule has 0 aliphatic carbocycles. The quantitative estimate of drug-likeness (QED) is 0.852. The van der Waals surface area contributed by atoms with Crippen LogP contribution in [0.3, 0.4) is 0 Å². The summed E-state index contributed by atoms with van der Waals surface area (Å²) in [7, 11) is 0. The molecule has 1 aliphatic heterocycles. The Kier molecular flexibility index (Phi) is 3.38. The molecule has 17 heavy (non-hydrogen) atoms. The van der Waals surface area contributed by atoms with Gasteiger partial charge in [-0.15, -0.1) is 0 Å². The molecule has 1 aromatic heterocycles. The van der Waals surface area contributed by atoms with Crippen LogP contribution < -0.4 is 10.6 Å². The van der Waals surface area contributed by atoms with Gasteiger partial charge in [0.15, 0.2) is 0 Å². The van der Waals surface area contributed by atoms with Gasteiger partial charge in [0, 0.05) is 30.9 Å². The zero-order chi connectivity index (χ0) is 12.6. The van der Waals surface area contributed by atoms with Crippen molar-refractivity contribution in [3.05, 3.63) is 22.9 Å². The first-order chi connectivity index (χ1) is 8.02. The molecule has 2 heterocycles. The Hall–Kier alpha value is -1.09. The fraction of sp³-hybridized carbons (Fsp3) is 0.643. The third kappa shape index (κ3) is 2.29. The number of nitrogens with zero attached hydrogens (tertiary/aromatic N) is 2. The topological polar surface area (TPSA) is 42.1 Å². The second kappa shape index (κ2) is 4.65. The van der Waals surface area contributed by atoms with Crippen LogP contribution in [0.2, 0.25) is 0 Å². The maximum absolute atomic E-state index is 5.87. The average Bonchev–Trinajstić information content (AvgIpc) is 2.58. The minimum Gasteiger partial charge on any atom is -0.356 e. The summed E-state index contributed by atoms with van der Waals surface area (Å²) in [6.07, 6.45) is 0. The number of hydrogen-bond donors (Lipinski definition) is 1. The fourth-order valence-electron chi connectivity index (χ4n) is 2.66. The van der Waals surface area contributed by atoms with Crippen LogP contribution in [0, 0.1) is 25.7 Å². The first kappa shape index (κ1) is 12.4. The summed E-state index contributed by atoms with van der Waals surface area (Å²) in [6, 6.07) is 2.12. The van der Waals surface area contributed by atoms with E-state index in [-0.39, 0.29) is 0 Å². The van der Waals surface area contributed by atoms with Crippen molar-refractivity contribution in [2.45, 2.75) is 34.2 Å². The lowest BCUT2D eigenvalue weighted by Gasteiger charge is -2.22. The molecule has 1 fully saturated rings. The molecule has 0 aromatic carbocycles. The van der Waals surface area contributed by atoms with Gasteiger partial charge in [-0.25, -0.2) is 4.98 Å². The molecule has 0 saturated carbocycles. The number of aromatic nitrogens is 1. The number of hydrogen-bond acceptors (Lipinski definition) is 3. The van der Waals surface area contributed by atoms with Gasteiger partial charge in [0.1, 0.15) is 5.82 Å². The van der Waals surface area contributed by atoms with E-state index in [1.165, 1.54) is 11.1 Å². The average molecular weight is 233 g/mol. The molecule has 1 aliphatic rings. The number of pyridine rings is 1. The van der Waals surface area contributed by atoms with E-state index in [1.54, 1.807) is 0 Å². The Morgan fingerprint density at radius 2 is 1.88 bits per heavy atom. The maximum Gasteiger partial charge on any atom is 0.133 e. The highest BCUT2D eigenvalue weighted by Crippen LogP contribution is 2.30. The second-order valence-electron chi connectivity index (χ2n) is 5.45. The molecule has 3 nitrogen and oxygen atoms in total. The van der Waals surface area contributed by atoms with E-state index < -0.39 is 0 Å². The van der Waals surface area contributed by atoms with Gasteiger partial charge in [-0.2, -0.15) is 0 Å². The highest BCUT2D eigenvalue weighted by atomic mass is 15.2. The summed E-state index contributed by atoms with van der Waals surface area (Å²) in [5.41, 5.74) is 9.43. The van der Waals surface area contributed by atoms with Crippen molar-refractivity contribution < 1.29 is 0 Å². The number of aryl methyl sites for hydroxylation is 2. The molecule has 0 radical (unpaired) electrons. The Labute approximate surface area is 104 Å². The Balaban J connectivity index is 2.38. The van der Waals surface area contributed by atoms with Crippen LogP contribution in [0.15, 0.2) is 6.07 Å². The van der Waals surface area contributed by atoms with Crippen molar-refractivity contribution in [1.82, 2.24) is 4.98 Å². The minimum atomic E-state index is 0.577. The van der Waals surface area contributed by atoms with Crippen LogP contribution in [-0.2, 0) is 6.54 Å². The van der Waals surface area contributed by atoms with Gasteiger partial charge in [0.2, 0.25) is 0 Å². The summed E-state index contributed by atoms with van der Waals surface area (Å²) >= 11 is 0. The van der Waals surface area contributed by atoms with Crippen molar-refractivity contribution in [2.75, 3.05) is 18.0 Å². The van der Waals surface area contributed by atoms with Gasteiger partial charge in [0.25, 0.3) is 0 Å². The van der Waals surface area contributed by atoms with Gasteiger partial charge < -0.3 is 10.6 Å². The van der Waals surface area contributed by atoms with E-state index >= 15 is 0 Å². The van der Waals surface area contributed by atoms with Crippen LogP contribution >= 0.6 is 0 Å². The van der Waals surface area contributed by atoms with Crippen molar-refractivity contribution in [2.24, 2.45) is 17.6 Å². The highest BCUT2D eigenvalue weighted by Gasteiger charge is 2.28. The molecular weight excluding hydrogens is 210 g/mol. The zero-order valence-electron chi connectivity index (χ0n) is 11.3. The van der Waals surface area contributed by atoms with Crippen molar-refractivity contribution in [3.63, 3.8) is 0 Å². The molecule has 3 heteroatoms. The highest BCUT2D eigenvalue weighted by molar-refractivity contribution is 5.52. The predicted molar refractivity (Wildman–Crippen MR) is 72.1 cm³/mol. The van der Waals surface area contributed by atoms with E-state index in [9.17, 15) is 0 Å². The zero-order valence-corrected chi connectivity index (χ0v) is 11.3. The molecule has 2 unspecified atom stereocenters. The van der Waals surface area contributed by atoms with Crippen LogP contribution in [0.1, 0.15) is 30.7 Å². The molecule has 0 spiro atoms. The van der Waals surface area contributed by atoms with Crippen LogP contribution in [0.5, 0.6) is 0 Å². The van der Waals surface area contributed by atoms with E-state index in [0.717, 1.165) is 36.4 Å². The van der Waals surface area contributed by atoms with Crippen molar-refractivity contribution in [3.8, 4) is 0 Å². The minimum absolute atomic E-state index is 0.577. The molecule has 0 amide bonds. The maximum atomic E-state index is 5.87. The third-order valence-electron chi connectivity index (χ3n) is 3.95. The molecule has 1 saturated heterocycles. The van der Waals surface area contributed by atoms with Gasteiger partial charge in [0.05, 0.1) is 0 Å². The first-order valence-electron chi connectivity index (χ1n) is 6.45. The standard InChI is InChI=1S/C14H23N3/c1-9-5-12(4)16-14(13(9)6-15)17-7-10(2)11(3)8-17/h5,10-11H,6-8,15H2,1-4H3. The van der Waals surface area contributed by atoms with Gasteiger partial charge in [-0.05, 0) is 37.3 Å². The summed E-state index contributed by atoms with van der Waals surface area (Å²) < 4.78 is 0. The van der Waals surface area contributed by atoms with E-state index in [1.807, 2.05) is 0 Å². The van der Waals surface area contributed by atoms with Gasteiger partial charge in [-0.1, -0.05) is 13.8 Å². The summed E-state index contributed by atoms with van der Waals surface area (Å²) in [6.45, 7) is 11.6. The Morgan fingerprint density at radius 3 is 2.41 bits per heavy atom. The molecule has 2 N–H and O–H groups in total. The van der Waals surface area contributed by atoms with E-state index in [2.05, 4.69) is 38.7 Å². The molecule has 1 aromatic rings. The lowest BCUT2D eigenvalue weighted by Crippen LogP contribution is -2.24. The first-order valence-corrected chi connectivity index (χ1v) is 6.45. The number of rotatable bonds is 2. The van der Waals surface area contributed by atoms with Crippen LogP contribution in [0.4, 0.5) is 5.82 Å². The molecular formula is C14H23N3. The lowest BCUT2D eigenvalue weighted by atomic mass is 10.0. The van der Waals surface area contributed by atoms with Crippen molar-refractivity contribution in [1.29, 1.82) is 0 Å². The summed E-state index contributed by atoms with van der Waals surface area (Å²) in [5, 5.41) is 0. The molecule has 0 bridgehead atoms. The normalized spacial score (nSPS) is 24.4. The largest absolute Gasteiger partial charge is 0.356 e. The lowest BCUT2D eigenvalue weighted by molar-refractivity contribution is 0.494. The van der Waals surface area contributed by atoms with Gasteiger partial charge in [-0.3, -0.25) is 0 Å². The number of anilines is 1. The third-order valence-corrected chi connectivity index (χ3v) is 3.95. The Morgan fingerprint density at radius 1 is 1.29 bits per heavy atom. The second-order valence-corrected chi connectivity index (χ2v) is 5.45.